The monoisotopic (exact) mass is 281 g/mol. The van der Waals surface area contributed by atoms with Crippen molar-refractivity contribution in [2.24, 2.45) is 11.5 Å². The first-order valence-electron chi connectivity index (χ1n) is 5.41. The highest BCUT2D eigenvalue weighted by molar-refractivity contribution is 7.89. The van der Waals surface area contributed by atoms with Crippen LogP contribution in [0, 0.1) is 11.8 Å². The molecule has 0 aliphatic heterocycles. The van der Waals surface area contributed by atoms with Crippen molar-refractivity contribution in [3.63, 3.8) is 0 Å². The van der Waals surface area contributed by atoms with Gasteiger partial charge >= 0.3 is 0 Å². The number of nitrogens with zero attached hydrogens (tertiary/aromatic N) is 1. The molecule has 7 heteroatoms. The van der Waals surface area contributed by atoms with Crippen LogP contribution < -0.4 is 11.5 Å². The van der Waals surface area contributed by atoms with E-state index in [1.165, 1.54) is 19.2 Å². The van der Waals surface area contributed by atoms with Gasteiger partial charge in [-0.3, -0.25) is 4.79 Å². The van der Waals surface area contributed by atoms with E-state index >= 15 is 0 Å². The van der Waals surface area contributed by atoms with Crippen LogP contribution in [0.15, 0.2) is 29.2 Å². The Bertz CT molecular complexity index is 612. The van der Waals surface area contributed by atoms with Gasteiger partial charge in [-0.1, -0.05) is 11.8 Å². The molecule has 0 saturated heterocycles. The fourth-order valence-electron chi connectivity index (χ4n) is 1.35. The molecule has 102 valence electrons. The fourth-order valence-corrected chi connectivity index (χ4v) is 2.48. The number of amides is 1. The van der Waals surface area contributed by atoms with Gasteiger partial charge in [0.1, 0.15) is 0 Å². The number of nitrogens with two attached hydrogens (primary N) is 2. The van der Waals surface area contributed by atoms with Crippen molar-refractivity contribution in [1.29, 1.82) is 0 Å². The maximum absolute atomic E-state index is 12.1. The SMILES string of the molecule is CN(CC(N)=O)S(=O)(=O)c1ccc(C#CCN)cc1. The van der Waals surface area contributed by atoms with Crippen molar-refractivity contribution in [2.75, 3.05) is 20.1 Å². The van der Waals surface area contributed by atoms with Crippen molar-refractivity contribution < 1.29 is 13.2 Å². The zero-order valence-corrected chi connectivity index (χ0v) is 11.3. The van der Waals surface area contributed by atoms with Crippen LogP contribution in [-0.4, -0.2) is 38.8 Å². The largest absolute Gasteiger partial charge is 0.369 e. The normalized spacial score (nSPS) is 10.9. The standard InChI is InChI=1S/C12H15N3O3S/c1-15(9-12(14)16)19(17,18)11-6-4-10(5-7-11)3-2-8-13/h4-7H,8-9,13H2,1H3,(H2,14,16). The van der Waals surface area contributed by atoms with E-state index in [1.54, 1.807) is 12.1 Å². The molecule has 0 fully saturated rings. The molecule has 0 bridgehead atoms. The van der Waals surface area contributed by atoms with E-state index in [2.05, 4.69) is 11.8 Å². The summed E-state index contributed by atoms with van der Waals surface area (Å²) in [6.45, 7) is -0.127. The lowest BCUT2D eigenvalue weighted by atomic mass is 10.2. The predicted octanol–water partition coefficient (Wildman–Crippen LogP) is -0.897. The minimum absolute atomic E-state index is 0.0783. The molecular weight excluding hydrogens is 266 g/mol. The first-order chi connectivity index (χ1) is 8.87. The molecule has 0 radical (unpaired) electrons. The van der Waals surface area contributed by atoms with Gasteiger partial charge in [-0.05, 0) is 24.3 Å². The van der Waals surface area contributed by atoms with Gasteiger partial charge in [0.2, 0.25) is 15.9 Å². The Kier molecular flexibility index (Phi) is 5.06. The van der Waals surface area contributed by atoms with E-state index in [9.17, 15) is 13.2 Å². The summed E-state index contributed by atoms with van der Waals surface area (Å²) < 4.78 is 25.0. The lowest BCUT2D eigenvalue weighted by Crippen LogP contribution is -2.35. The van der Waals surface area contributed by atoms with Gasteiger partial charge in [-0.15, -0.1) is 0 Å². The van der Waals surface area contributed by atoms with Crippen molar-refractivity contribution >= 4 is 15.9 Å². The minimum Gasteiger partial charge on any atom is -0.369 e. The maximum Gasteiger partial charge on any atom is 0.243 e. The molecule has 6 nitrogen and oxygen atoms in total. The van der Waals surface area contributed by atoms with Crippen LogP contribution in [0.25, 0.3) is 0 Å². The molecule has 4 N–H and O–H groups in total. The summed E-state index contributed by atoms with van der Waals surface area (Å²) in [5.74, 6) is 4.74. The van der Waals surface area contributed by atoms with E-state index in [4.69, 9.17) is 11.5 Å². The molecule has 0 aliphatic carbocycles. The van der Waals surface area contributed by atoms with Gasteiger partial charge in [0, 0.05) is 12.6 Å². The average molecular weight is 281 g/mol. The van der Waals surface area contributed by atoms with Gasteiger partial charge < -0.3 is 11.5 Å². The lowest BCUT2D eigenvalue weighted by molar-refractivity contribution is -0.118. The van der Waals surface area contributed by atoms with Crippen LogP contribution in [0.1, 0.15) is 5.56 Å². The molecule has 0 unspecified atom stereocenters. The Morgan fingerprint density at radius 1 is 1.32 bits per heavy atom. The smallest absolute Gasteiger partial charge is 0.243 e. The molecule has 19 heavy (non-hydrogen) atoms. The lowest BCUT2D eigenvalue weighted by Gasteiger charge is -2.15. The maximum atomic E-state index is 12.1. The third-order valence-electron chi connectivity index (χ3n) is 2.28. The van der Waals surface area contributed by atoms with Gasteiger partial charge in [-0.25, -0.2) is 8.42 Å². The fraction of sp³-hybridized carbons (Fsp3) is 0.250. The predicted molar refractivity (Wildman–Crippen MR) is 71.4 cm³/mol. The van der Waals surface area contributed by atoms with E-state index in [0.29, 0.717) is 5.56 Å². The van der Waals surface area contributed by atoms with E-state index in [-0.39, 0.29) is 18.0 Å². The highest BCUT2D eigenvalue weighted by Gasteiger charge is 2.21. The van der Waals surface area contributed by atoms with Crippen LogP contribution in [0.4, 0.5) is 0 Å². The first kappa shape index (κ1) is 15.2. The Labute approximate surface area is 112 Å². The molecule has 1 aromatic carbocycles. The number of sulfonamides is 1. The summed E-state index contributed by atoms with van der Waals surface area (Å²) >= 11 is 0. The second kappa shape index (κ2) is 6.33. The Balaban J connectivity index is 2.99. The van der Waals surface area contributed by atoms with Crippen molar-refractivity contribution in [3.05, 3.63) is 29.8 Å². The summed E-state index contributed by atoms with van der Waals surface area (Å²) in [6, 6.07) is 6.00. The number of benzene rings is 1. The average Bonchev–Trinajstić information content (AvgIpc) is 2.36. The molecule has 0 atom stereocenters. The number of primary amides is 1. The third-order valence-corrected chi connectivity index (χ3v) is 4.09. The number of carbonyl (C=O) groups excluding carboxylic acids is 1. The topological polar surface area (TPSA) is 106 Å². The number of hydrogen-bond acceptors (Lipinski definition) is 4. The highest BCUT2D eigenvalue weighted by Crippen LogP contribution is 2.14. The van der Waals surface area contributed by atoms with E-state index < -0.39 is 15.9 Å². The number of rotatable bonds is 4. The highest BCUT2D eigenvalue weighted by atomic mass is 32.2. The molecule has 1 rings (SSSR count). The van der Waals surface area contributed by atoms with Crippen molar-refractivity contribution in [3.8, 4) is 11.8 Å². The first-order valence-corrected chi connectivity index (χ1v) is 6.85. The number of hydrogen-bond donors (Lipinski definition) is 2. The van der Waals surface area contributed by atoms with Gasteiger partial charge in [0.15, 0.2) is 0 Å². The Hall–Kier alpha value is -1.88. The summed E-state index contributed by atoms with van der Waals surface area (Å²) in [5.41, 5.74) is 10.9. The van der Waals surface area contributed by atoms with Crippen LogP contribution >= 0.6 is 0 Å². The molecule has 0 aliphatic rings. The van der Waals surface area contributed by atoms with Crippen LogP contribution in [0.5, 0.6) is 0 Å². The molecule has 0 heterocycles. The summed E-state index contributed by atoms with van der Waals surface area (Å²) in [4.78, 5) is 10.8. The van der Waals surface area contributed by atoms with Crippen molar-refractivity contribution in [1.82, 2.24) is 4.31 Å². The van der Waals surface area contributed by atoms with Gasteiger partial charge in [0.05, 0.1) is 18.0 Å². The van der Waals surface area contributed by atoms with Crippen LogP contribution in [0.3, 0.4) is 0 Å². The second-order valence-electron chi connectivity index (χ2n) is 3.76. The molecule has 1 amide bonds. The molecule has 1 aromatic rings. The van der Waals surface area contributed by atoms with Crippen LogP contribution in [0.2, 0.25) is 0 Å². The third kappa shape index (κ3) is 4.06. The molecular formula is C12H15N3O3S. The van der Waals surface area contributed by atoms with Gasteiger partial charge in [0.25, 0.3) is 0 Å². The molecule has 0 spiro atoms. The second-order valence-corrected chi connectivity index (χ2v) is 5.80. The molecule has 0 saturated carbocycles. The zero-order chi connectivity index (χ0) is 14.5. The van der Waals surface area contributed by atoms with Gasteiger partial charge in [-0.2, -0.15) is 4.31 Å². The number of carbonyl (C=O) groups is 1. The Morgan fingerprint density at radius 2 is 1.89 bits per heavy atom. The van der Waals surface area contributed by atoms with E-state index in [0.717, 1.165) is 4.31 Å². The Morgan fingerprint density at radius 3 is 2.37 bits per heavy atom. The zero-order valence-electron chi connectivity index (χ0n) is 10.5. The molecule has 0 aromatic heterocycles. The number of likely N-dealkylation sites (N-methyl/N-ethyl adjacent to an activating group) is 1. The summed E-state index contributed by atoms with van der Waals surface area (Å²) in [7, 11) is -2.42. The minimum atomic E-state index is -3.71. The summed E-state index contributed by atoms with van der Waals surface area (Å²) in [6.07, 6.45) is 0. The van der Waals surface area contributed by atoms with Crippen LogP contribution in [-0.2, 0) is 14.8 Å². The van der Waals surface area contributed by atoms with Crippen molar-refractivity contribution in [2.45, 2.75) is 4.90 Å². The van der Waals surface area contributed by atoms with E-state index in [1.807, 2.05) is 0 Å². The quantitative estimate of drug-likeness (QED) is 0.698. The summed E-state index contributed by atoms with van der Waals surface area (Å²) in [5, 5.41) is 0.